The Kier molecular flexibility index (Phi) is 18.6. The van der Waals surface area contributed by atoms with Crippen LogP contribution in [-0.4, -0.2) is 87.4 Å². The van der Waals surface area contributed by atoms with Gasteiger partial charge in [-0.15, -0.1) is 0 Å². The zero-order chi connectivity index (χ0) is 30.3. The van der Waals surface area contributed by atoms with Gasteiger partial charge in [-0.05, 0) is 12.0 Å². The third-order valence-corrected chi connectivity index (χ3v) is 5.72. The Morgan fingerprint density at radius 3 is 1.93 bits per heavy atom. The Balaban J connectivity index is 2.45. The lowest BCUT2D eigenvalue weighted by Gasteiger charge is -2.19. The highest BCUT2D eigenvalue weighted by atomic mass is 16.5. The average Bonchev–Trinajstić information content (AvgIpc) is 2.97. The van der Waals surface area contributed by atoms with Crippen molar-refractivity contribution in [1.82, 2.24) is 31.9 Å². The van der Waals surface area contributed by atoms with Crippen molar-refractivity contribution in [3.05, 3.63) is 35.9 Å². The Bertz CT molecular complexity index is 974. The molecule has 0 unspecified atom stereocenters. The fraction of sp³-hybridized carbons (Fsp3) is 0.571. The second-order valence-electron chi connectivity index (χ2n) is 9.20. The summed E-state index contributed by atoms with van der Waals surface area (Å²) in [7, 11) is 0. The highest BCUT2D eigenvalue weighted by molar-refractivity contribution is 5.92. The molecule has 6 amide bonds. The molecule has 228 valence electrons. The predicted octanol–water partition coefficient (Wildman–Crippen LogP) is -0.698. The first-order valence-corrected chi connectivity index (χ1v) is 14.0. The van der Waals surface area contributed by atoms with E-state index < -0.39 is 29.7 Å². The first kappa shape index (κ1) is 35.0. The Hall–Kier alpha value is -4.00. The summed E-state index contributed by atoms with van der Waals surface area (Å²) in [6.45, 7) is 4.00. The highest BCUT2D eigenvalue weighted by Crippen LogP contribution is 2.04. The zero-order valence-electron chi connectivity index (χ0n) is 24.0. The zero-order valence-corrected chi connectivity index (χ0v) is 24.0. The molecule has 1 atom stereocenters. The van der Waals surface area contributed by atoms with Crippen LogP contribution in [0.2, 0.25) is 0 Å². The molecular formula is C28H44N6O7. The summed E-state index contributed by atoms with van der Waals surface area (Å²) >= 11 is 0. The largest absolute Gasteiger partial charge is 0.378 e. The number of hydrogen-bond acceptors (Lipinski definition) is 7. The molecular weight excluding hydrogens is 532 g/mol. The van der Waals surface area contributed by atoms with Crippen LogP contribution in [0.15, 0.2) is 30.3 Å². The van der Waals surface area contributed by atoms with Crippen molar-refractivity contribution in [3.8, 4) is 0 Å². The Labute approximate surface area is 241 Å². The summed E-state index contributed by atoms with van der Waals surface area (Å²) in [4.78, 5) is 72.4. The fourth-order valence-corrected chi connectivity index (χ4v) is 3.45. The van der Waals surface area contributed by atoms with Gasteiger partial charge >= 0.3 is 0 Å². The maximum absolute atomic E-state index is 12.8. The minimum atomic E-state index is -0.991. The smallest absolute Gasteiger partial charge is 0.243 e. The van der Waals surface area contributed by atoms with Gasteiger partial charge in [0.1, 0.15) is 6.04 Å². The predicted molar refractivity (Wildman–Crippen MR) is 152 cm³/mol. The van der Waals surface area contributed by atoms with Crippen LogP contribution in [0.5, 0.6) is 0 Å². The summed E-state index contributed by atoms with van der Waals surface area (Å²) in [5, 5.41) is 15.3. The summed E-state index contributed by atoms with van der Waals surface area (Å²) in [6.07, 6.45) is 3.56. The molecule has 0 saturated heterocycles. The molecule has 0 spiro atoms. The Morgan fingerprint density at radius 1 is 0.683 bits per heavy atom. The lowest BCUT2D eigenvalue weighted by atomic mass is 10.1. The molecule has 13 nitrogen and oxygen atoms in total. The van der Waals surface area contributed by atoms with Crippen LogP contribution in [0.1, 0.15) is 51.5 Å². The molecule has 0 fully saturated rings. The van der Waals surface area contributed by atoms with Crippen LogP contribution in [0.4, 0.5) is 0 Å². The highest BCUT2D eigenvalue weighted by Gasteiger charge is 2.22. The molecule has 0 saturated carbocycles. The topological polar surface area (TPSA) is 184 Å². The van der Waals surface area contributed by atoms with Crippen LogP contribution >= 0.6 is 0 Å². The lowest BCUT2D eigenvalue weighted by Crippen LogP contribution is -2.52. The van der Waals surface area contributed by atoms with Crippen LogP contribution < -0.4 is 31.9 Å². The fourth-order valence-electron chi connectivity index (χ4n) is 3.45. The molecule has 6 N–H and O–H groups in total. The molecule has 1 rings (SSSR count). The van der Waals surface area contributed by atoms with Gasteiger partial charge in [0.2, 0.25) is 35.4 Å². The van der Waals surface area contributed by atoms with Gasteiger partial charge in [-0.3, -0.25) is 28.8 Å². The SMILES string of the molecule is CCCCCC(=O)NCC(=O)NCC(=O)N[C@@H](Cc1ccccc1)C(=O)NCC(=O)NCCOCCNC(=O)CC. The number of nitrogens with one attached hydrogen (secondary N) is 6. The van der Waals surface area contributed by atoms with E-state index in [1.54, 1.807) is 31.2 Å². The Morgan fingerprint density at radius 2 is 1.27 bits per heavy atom. The van der Waals surface area contributed by atoms with Gasteiger partial charge in [0.05, 0.1) is 32.8 Å². The molecule has 0 radical (unpaired) electrons. The number of rotatable bonds is 21. The lowest BCUT2D eigenvalue weighted by molar-refractivity contribution is -0.131. The summed E-state index contributed by atoms with van der Waals surface area (Å²) in [6, 6.07) is 8.04. The molecule has 41 heavy (non-hydrogen) atoms. The number of carbonyl (C=O) groups excluding carboxylic acids is 6. The van der Waals surface area contributed by atoms with Gasteiger partial charge in [0, 0.05) is 32.4 Å². The van der Waals surface area contributed by atoms with Crippen molar-refractivity contribution in [2.45, 2.75) is 58.4 Å². The minimum absolute atomic E-state index is 0.0670. The van der Waals surface area contributed by atoms with Crippen molar-refractivity contribution in [2.24, 2.45) is 0 Å². The van der Waals surface area contributed by atoms with E-state index in [1.807, 2.05) is 13.0 Å². The van der Waals surface area contributed by atoms with E-state index in [0.29, 0.717) is 26.0 Å². The van der Waals surface area contributed by atoms with Gasteiger partial charge in [0.25, 0.3) is 0 Å². The quantitative estimate of drug-likeness (QED) is 0.105. The van der Waals surface area contributed by atoms with Crippen LogP contribution in [-0.2, 0) is 39.9 Å². The molecule has 0 bridgehead atoms. The monoisotopic (exact) mass is 576 g/mol. The first-order valence-electron chi connectivity index (χ1n) is 14.0. The van der Waals surface area contributed by atoms with E-state index >= 15 is 0 Å². The summed E-state index contributed by atoms with van der Waals surface area (Å²) < 4.78 is 5.32. The van der Waals surface area contributed by atoms with Crippen LogP contribution in [0.25, 0.3) is 0 Å². The van der Waals surface area contributed by atoms with Crippen LogP contribution in [0.3, 0.4) is 0 Å². The molecule has 1 aromatic carbocycles. The molecule has 0 aliphatic carbocycles. The number of hydrogen-bond donors (Lipinski definition) is 6. The number of amides is 6. The van der Waals surface area contributed by atoms with Crippen molar-refractivity contribution in [1.29, 1.82) is 0 Å². The first-order chi connectivity index (χ1) is 19.7. The minimum Gasteiger partial charge on any atom is -0.378 e. The maximum Gasteiger partial charge on any atom is 0.243 e. The van der Waals surface area contributed by atoms with Gasteiger partial charge in [0.15, 0.2) is 0 Å². The van der Waals surface area contributed by atoms with E-state index in [4.69, 9.17) is 4.74 Å². The molecule has 0 heterocycles. The maximum atomic E-state index is 12.8. The third kappa shape index (κ3) is 18.1. The van der Waals surface area contributed by atoms with Crippen molar-refractivity contribution >= 4 is 35.4 Å². The normalized spacial score (nSPS) is 11.1. The van der Waals surface area contributed by atoms with E-state index in [1.165, 1.54) is 0 Å². The van der Waals surface area contributed by atoms with E-state index in [0.717, 1.165) is 24.8 Å². The number of carbonyl (C=O) groups is 6. The van der Waals surface area contributed by atoms with Gasteiger partial charge in [-0.1, -0.05) is 57.0 Å². The van der Waals surface area contributed by atoms with E-state index in [-0.39, 0.29) is 51.0 Å². The van der Waals surface area contributed by atoms with E-state index in [9.17, 15) is 28.8 Å². The third-order valence-electron chi connectivity index (χ3n) is 5.72. The van der Waals surface area contributed by atoms with Crippen molar-refractivity contribution in [3.63, 3.8) is 0 Å². The van der Waals surface area contributed by atoms with Gasteiger partial charge < -0.3 is 36.6 Å². The van der Waals surface area contributed by atoms with Crippen molar-refractivity contribution in [2.75, 3.05) is 45.9 Å². The summed E-state index contributed by atoms with van der Waals surface area (Å²) in [5.41, 5.74) is 0.791. The number of ether oxygens (including phenoxy) is 1. The average molecular weight is 577 g/mol. The standard InChI is InChI=1S/C28H44N6O7/c1-3-5-7-12-24(36)31-18-26(38)32-20-27(39)34-22(17-21-10-8-6-9-11-21)28(40)33-19-25(37)30-14-16-41-15-13-29-23(35)4-2/h6,8-11,22H,3-5,7,12-20H2,1-2H3,(H,29,35)(H,30,37)(H,31,36)(H,32,38)(H,33,40)(H,34,39)/t22-/m0/s1. The molecule has 0 aliphatic heterocycles. The van der Waals surface area contributed by atoms with Gasteiger partial charge in [-0.25, -0.2) is 0 Å². The molecule has 0 aliphatic rings. The molecule has 13 heteroatoms. The van der Waals surface area contributed by atoms with Crippen molar-refractivity contribution < 1.29 is 33.5 Å². The van der Waals surface area contributed by atoms with E-state index in [2.05, 4.69) is 31.9 Å². The molecule has 1 aromatic rings. The number of unbranched alkanes of at least 4 members (excludes halogenated alkanes) is 2. The second kappa shape index (κ2) is 21.8. The number of benzene rings is 1. The summed E-state index contributed by atoms with van der Waals surface area (Å²) in [5.74, 6) is -2.42. The van der Waals surface area contributed by atoms with Crippen LogP contribution in [0, 0.1) is 0 Å². The molecule has 0 aromatic heterocycles. The van der Waals surface area contributed by atoms with Gasteiger partial charge in [-0.2, -0.15) is 0 Å². The second-order valence-corrected chi connectivity index (χ2v) is 9.20.